The van der Waals surface area contributed by atoms with Gasteiger partial charge in [0, 0.05) is 25.1 Å². The molecule has 0 aromatic rings. The van der Waals surface area contributed by atoms with E-state index in [0.717, 1.165) is 6.54 Å². The minimum atomic E-state index is -0.941. The zero-order valence-electron chi connectivity index (χ0n) is 6.88. The molecule has 68 valence electrons. The predicted octanol–water partition coefficient (Wildman–Crippen LogP) is 0.00570. The van der Waals surface area contributed by atoms with Crippen LogP contribution in [0.4, 0.5) is 0 Å². The van der Waals surface area contributed by atoms with Crippen molar-refractivity contribution >= 4 is 5.97 Å². The lowest BCUT2D eigenvalue weighted by Gasteiger charge is -2.23. The van der Waals surface area contributed by atoms with Crippen LogP contribution in [0.2, 0.25) is 0 Å². The van der Waals surface area contributed by atoms with Crippen LogP contribution in [0, 0.1) is 0 Å². The average molecular weight is 171 g/mol. The number of aliphatic carboxylic acids is 1. The zero-order chi connectivity index (χ0) is 8.97. The van der Waals surface area contributed by atoms with E-state index in [1.54, 1.807) is 0 Å². The molecule has 0 aromatic heterocycles. The van der Waals surface area contributed by atoms with Crippen LogP contribution in [0.1, 0.15) is 6.42 Å². The van der Waals surface area contributed by atoms with E-state index >= 15 is 0 Å². The third-order valence-electron chi connectivity index (χ3n) is 1.78. The number of carbonyl (C=O) groups is 1. The maximum atomic E-state index is 10.4. The largest absolute Gasteiger partial charge is 0.478 e. The number of ether oxygens (including phenoxy) is 1. The fourth-order valence-corrected chi connectivity index (χ4v) is 1.11. The Hall–Kier alpha value is -0.870. The molecule has 12 heavy (non-hydrogen) atoms. The molecule has 2 N–H and O–H groups in total. The van der Waals surface area contributed by atoms with Crippen LogP contribution in [0.15, 0.2) is 12.2 Å². The van der Waals surface area contributed by atoms with Crippen LogP contribution < -0.4 is 5.32 Å². The lowest BCUT2D eigenvalue weighted by Crippen LogP contribution is -2.38. The molecule has 0 aliphatic carbocycles. The molecule has 1 fully saturated rings. The van der Waals surface area contributed by atoms with Gasteiger partial charge in [0.05, 0.1) is 12.7 Å². The van der Waals surface area contributed by atoms with Crippen LogP contribution >= 0.6 is 0 Å². The van der Waals surface area contributed by atoms with Gasteiger partial charge in [0.1, 0.15) is 0 Å². The molecule has 0 spiro atoms. The Morgan fingerprint density at radius 1 is 1.75 bits per heavy atom. The summed E-state index contributed by atoms with van der Waals surface area (Å²) in [5, 5.41) is 11.7. The Balaban J connectivity index is 2.29. The summed E-state index contributed by atoms with van der Waals surface area (Å²) >= 11 is 0. The van der Waals surface area contributed by atoms with E-state index in [4.69, 9.17) is 9.84 Å². The highest BCUT2D eigenvalue weighted by atomic mass is 16.5. The standard InChI is InChI=1S/C8H13NO3/c1-6(8(10)11)4-7-5-9-2-3-12-7/h7,9H,1-5H2,(H,10,11). The molecule has 1 rings (SSSR count). The summed E-state index contributed by atoms with van der Waals surface area (Å²) in [6.07, 6.45) is 0.379. The summed E-state index contributed by atoms with van der Waals surface area (Å²) in [4.78, 5) is 10.4. The van der Waals surface area contributed by atoms with Gasteiger partial charge in [-0.15, -0.1) is 0 Å². The monoisotopic (exact) mass is 171 g/mol. The van der Waals surface area contributed by atoms with Crippen LogP contribution in [-0.4, -0.2) is 36.9 Å². The van der Waals surface area contributed by atoms with Gasteiger partial charge in [-0.2, -0.15) is 0 Å². The number of hydrogen-bond donors (Lipinski definition) is 2. The second-order valence-electron chi connectivity index (χ2n) is 2.81. The molecule has 4 nitrogen and oxygen atoms in total. The molecule has 0 bridgehead atoms. The van der Waals surface area contributed by atoms with Crippen LogP contribution in [0.5, 0.6) is 0 Å². The molecule has 0 saturated carbocycles. The SMILES string of the molecule is C=C(CC1CNCCO1)C(=O)O. The Kier molecular flexibility index (Phi) is 3.25. The molecular weight excluding hydrogens is 158 g/mol. The first-order valence-corrected chi connectivity index (χ1v) is 3.93. The van der Waals surface area contributed by atoms with Gasteiger partial charge in [0.15, 0.2) is 0 Å². The van der Waals surface area contributed by atoms with Crippen LogP contribution in [0.3, 0.4) is 0 Å². The van der Waals surface area contributed by atoms with Crippen LogP contribution in [-0.2, 0) is 9.53 Å². The van der Waals surface area contributed by atoms with Crippen molar-refractivity contribution in [2.75, 3.05) is 19.7 Å². The van der Waals surface area contributed by atoms with E-state index in [2.05, 4.69) is 11.9 Å². The molecule has 1 aliphatic heterocycles. The molecule has 1 saturated heterocycles. The van der Waals surface area contributed by atoms with E-state index in [-0.39, 0.29) is 11.7 Å². The van der Waals surface area contributed by atoms with Gasteiger partial charge in [-0.3, -0.25) is 0 Å². The number of morpholine rings is 1. The minimum Gasteiger partial charge on any atom is -0.478 e. The van der Waals surface area contributed by atoms with Crippen molar-refractivity contribution in [2.24, 2.45) is 0 Å². The Morgan fingerprint density at radius 2 is 2.50 bits per heavy atom. The van der Waals surface area contributed by atoms with Crippen molar-refractivity contribution in [1.29, 1.82) is 0 Å². The van der Waals surface area contributed by atoms with Crippen molar-refractivity contribution < 1.29 is 14.6 Å². The van der Waals surface area contributed by atoms with Gasteiger partial charge in [-0.05, 0) is 0 Å². The van der Waals surface area contributed by atoms with Crippen molar-refractivity contribution in [2.45, 2.75) is 12.5 Å². The average Bonchev–Trinajstić information content (AvgIpc) is 2.06. The van der Waals surface area contributed by atoms with E-state index < -0.39 is 5.97 Å². The second-order valence-corrected chi connectivity index (χ2v) is 2.81. The smallest absolute Gasteiger partial charge is 0.331 e. The van der Waals surface area contributed by atoms with E-state index in [1.165, 1.54) is 0 Å². The summed E-state index contributed by atoms with van der Waals surface area (Å²) < 4.78 is 5.31. The first kappa shape index (κ1) is 9.22. The Morgan fingerprint density at radius 3 is 3.00 bits per heavy atom. The molecule has 0 aromatic carbocycles. The molecule has 1 atom stereocenters. The fraction of sp³-hybridized carbons (Fsp3) is 0.625. The van der Waals surface area contributed by atoms with Gasteiger partial charge < -0.3 is 15.2 Å². The number of carboxylic acid groups (broad SMARTS) is 1. The fourth-order valence-electron chi connectivity index (χ4n) is 1.11. The summed E-state index contributed by atoms with van der Waals surface area (Å²) in [7, 11) is 0. The third kappa shape index (κ3) is 2.64. The third-order valence-corrected chi connectivity index (χ3v) is 1.78. The lowest BCUT2D eigenvalue weighted by molar-refractivity contribution is -0.133. The van der Waals surface area contributed by atoms with E-state index in [9.17, 15) is 4.79 Å². The van der Waals surface area contributed by atoms with E-state index in [0.29, 0.717) is 19.6 Å². The number of hydrogen-bond acceptors (Lipinski definition) is 3. The summed E-state index contributed by atoms with van der Waals surface area (Å²) in [6, 6.07) is 0. The highest BCUT2D eigenvalue weighted by molar-refractivity contribution is 5.85. The molecule has 0 amide bonds. The van der Waals surface area contributed by atoms with Crippen molar-refractivity contribution in [3.63, 3.8) is 0 Å². The number of rotatable bonds is 3. The Labute approximate surface area is 71.2 Å². The number of nitrogens with one attached hydrogen (secondary N) is 1. The molecule has 1 unspecified atom stereocenters. The molecule has 1 aliphatic rings. The summed E-state index contributed by atoms with van der Waals surface area (Å²) in [5.74, 6) is -0.941. The molecule has 4 heteroatoms. The maximum absolute atomic E-state index is 10.4. The molecule has 1 heterocycles. The topological polar surface area (TPSA) is 58.6 Å². The van der Waals surface area contributed by atoms with Gasteiger partial charge >= 0.3 is 5.97 Å². The van der Waals surface area contributed by atoms with Crippen molar-refractivity contribution in [3.8, 4) is 0 Å². The lowest BCUT2D eigenvalue weighted by atomic mass is 10.1. The molecule has 0 radical (unpaired) electrons. The highest BCUT2D eigenvalue weighted by Crippen LogP contribution is 2.08. The summed E-state index contributed by atoms with van der Waals surface area (Å²) in [5.41, 5.74) is 0.212. The zero-order valence-corrected chi connectivity index (χ0v) is 6.88. The summed E-state index contributed by atoms with van der Waals surface area (Å²) in [6.45, 7) is 5.65. The first-order chi connectivity index (χ1) is 5.70. The van der Waals surface area contributed by atoms with Gasteiger partial charge in [-0.1, -0.05) is 6.58 Å². The van der Waals surface area contributed by atoms with Gasteiger partial charge in [0.2, 0.25) is 0 Å². The second kappa shape index (κ2) is 4.23. The van der Waals surface area contributed by atoms with Gasteiger partial charge in [-0.25, -0.2) is 4.79 Å². The minimum absolute atomic E-state index is 0.0256. The normalized spacial score (nSPS) is 23.5. The molecular formula is C8H13NO3. The number of carboxylic acids is 1. The van der Waals surface area contributed by atoms with E-state index in [1.807, 2.05) is 0 Å². The first-order valence-electron chi connectivity index (χ1n) is 3.93. The van der Waals surface area contributed by atoms with Gasteiger partial charge in [0.25, 0.3) is 0 Å². The van der Waals surface area contributed by atoms with Crippen molar-refractivity contribution in [1.82, 2.24) is 5.32 Å². The highest BCUT2D eigenvalue weighted by Gasteiger charge is 2.16. The van der Waals surface area contributed by atoms with Crippen molar-refractivity contribution in [3.05, 3.63) is 12.2 Å². The quantitative estimate of drug-likeness (QED) is 0.587. The Bertz CT molecular complexity index is 185. The maximum Gasteiger partial charge on any atom is 0.331 e. The predicted molar refractivity (Wildman–Crippen MR) is 44.0 cm³/mol. The van der Waals surface area contributed by atoms with Crippen LogP contribution in [0.25, 0.3) is 0 Å².